The molecule has 1 fully saturated rings. The Morgan fingerprint density at radius 3 is 2.24 bits per heavy atom. The van der Waals surface area contributed by atoms with Crippen LogP contribution in [0, 0.1) is 0 Å². The van der Waals surface area contributed by atoms with Crippen LogP contribution in [0.2, 0.25) is 0 Å². The second-order valence-corrected chi connectivity index (χ2v) is 5.98. The average Bonchev–Trinajstić information content (AvgIpc) is 2.88. The summed E-state index contributed by atoms with van der Waals surface area (Å²) in [4.78, 5) is 25.8. The fourth-order valence-corrected chi connectivity index (χ4v) is 2.79. The lowest BCUT2D eigenvalue weighted by Crippen LogP contribution is -2.52. The zero-order valence-corrected chi connectivity index (χ0v) is 12.6. The van der Waals surface area contributed by atoms with Gasteiger partial charge in [0, 0.05) is 12.1 Å². The van der Waals surface area contributed by atoms with Crippen molar-refractivity contribution in [2.75, 3.05) is 14.1 Å². The van der Waals surface area contributed by atoms with Gasteiger partial charge in [-0.05, 0) is 44.6 Å². The third-order valence-electron chi connectivity index (χ3n) is 3.93. The van der Waals surface area contributed by atoms with Crippen LogP contribution in [-0.4, -0.2) is 41.5 Å². The second-order valence-electron chi connectivity index (χ2n) is 5.98. The van der Waals surface area contributed by atoms with Crippen LogP contribution in [0.5, 0.6) is 0 Å². The lowest BCUT2D eigenvalue weighted by atomic mass is 9.97. The normalized spacial score (nSPS) is 16.9. The van der Waals surface area contributed by atoms with Gasteiger partial charge in [-0.3, -0.25) is 4.79 Å². The summed E-state index contributed by atoms with van der Waals surface area (Å²) < 4.78 is 0. The first kappa shape index (κ1) is 15.5. The van der Waals surface area contributed by atoms with Crippen molar-refractivity contribution in [1.29, 1.82) is 0 Å². The molecule has 1 aromatic rings. The molecule has 5 heteroatoms. The predicted octanol–water partition coefficient (Wildman–Crippen LogP) is 1.88. The highest BCUT2D eigenvalue weighted by molar-refractivity contribution is 5.98. The van der Waals surface area contributed by atoms with Crippen LogP contribution in [0.25, 0.3) is 0 Å². The molecule has 1 saturated carbocycles. The number of hydrogen-bond donors (Lipinski definition) is 2. The van der Waals surface area contributed by atoms with Gasteiger partial charge < -0.3 is 15.3 Å². The molecule has 0 unspecified atom stereocenters. The number of carboxylic acids is 1. The molecule has 1 aliphatic carbocycles. The molecular formula is C16H22N2O3. The largest absolute Gasteiger partial charge is 0.480 e. The van der Waals surface area contributed by atoms with E-state index in [4.69, 9.17) is 0 Å². The molecule has 0 spiro atoms. The first-order chi connectivity index (χ1) is 9.93. The standard InChI is InChI=1S/C16H22N2O3/c1-18(2)11-12-5-7-13(8-6-12)14(19)17-16(15(20)21)9-3-4-10-16/h5-8H,3-4,9-11H2,1-2H3,(H,17,19)(H,20,21). The topological polar surface area (TPSA) is 69.6 Å². The molecule has 2 N–H and O–H groups in total. The highest BCUT2D eigenvalue weighted by Crippen LogP contribution is 2.30. The maximum Gasteiger partial charge on any atom is 0.329 e. The summed E-state index contributed by atoms with van der Waals surface area (Å²) in [6, 6.07) is 7.30. The summed E-state index contributed by atoms with van der Waals surface area (Å²) in [7, 11) is 3.97. The summed E-state index contributed by atoms with van der Waals surface area (Å²) in [6.07, 6.45) is 2.70. The van der Waals surface area contributed by atoms with E-state index in [0.29, 0.717) is 18.4 Å². The van der Waals surface area contributed by atoms with E-state index in [-0.39, 0.29) is 5.91 Å². The number of nitrogens with one attached hydrogen (secondary N) is 1. The Morgan fingerprint density at radius 2 is 1.76 bits per heavy atom. The summed E-state index contributed by atoms with van der Waals surface area (Å²) in [5.74, 6) is -1.24. The molecule has 0 radical (unpaired) electrons. The maximum atomic E-state index is 12.3. The summed E-state index contributed by atoms with van der Waals surface area (Å²) in [6.45, 7) is 0.807. The first-order valence-corrected chi connectivity index (χ1v) is 7.22. The summed E-state index contributed by atoms with van der Waals surface area (Å²) in [5.41, 5.74) is 0.537. The average molecular weight is 290 g/mol. The van der Waals surface area contributed by atoms with Crippen molar-refractivity contribution < 1.29 is 14.7 Å². The van der Waals surface area contributed by atoms with Crippen LogP contribution in [0.4, 0.5) is 0 Å². The fourth-order valence-electron chi connectivity index (χ4n) is 2.79. The van der Waals surface area contributed by atoms with Gasteiger partial charge >= 0.3 is 5.97 Å². The minimum absolute atomic E-state index is 0.310. The number of carboxylic acid groups (broad SMARTS) is 1. The molecule has 0 heterocycles. The van der Waals surface area contributed by atoms with Gasteiger partial charge in [0.15, 0.2) is 0 Å². The second kappa shape index (κ2) is 6.26. The molecule has 1 aliphatic rings. The molecule has 0 bridgehead atoms. The summed E-state index contributed by atoms with van der Waals surface area (Å²) >= 11 is 0. The van der Waals surface area contributed by atoms with E-state index in [9.17, 15) is 14.7 Å². The Bertz CT molecular complexity index is 517. The van der Waals surface area contributed by atoms with Crippen molar-refractivity contribution in [2.24, 2.45) is 0 Å². The van der Waals surface area contributed by atoms with E-state index in [1.807, 2.05) is 31.1 Å². The Kier molecular flexibility index (Phi) is 4.63. The lowest BCUT2D eigenvalue weighted by molar-refractivity contribution is -0.144. The van der Waals surface area contributed by atoms with Gasteiger partial charge in [-0.25, -0.2) is 4.79 Å². The van der Waals surface area contributed by atoms with E-state index < -0.39 is 11.5 Å². The van der Waals surface area contributed by atoms with Crippen molar-refractivity contribution in [3.8, 4) is 0 Å². The number of benzene rings is 1. The smallest absolute Gasteiger partial charge is 0.329 e. The van der Waals surface area contributed by atoms with E-state index in [1.165, 1.54) is 0 Å². The van der Waals surface area contributed by atoms with Crippen LogP contribution in [-0.2, 0) is 11.3 Å². The third-order valence-corrected chi connectivity index (χ3v) is 3.93. The lowest BCUT2D eigenvalue weighted by Gasteiger charge is -2.25. The van der Waals surface area contributed by atoms with Crippen molar-refractivity contribution in [2.45, 2.75) is 37.8 Å². The fraction of sp³-hybridized carbons (Fsp3) is 0.500. The third kappa shape index (κ3) is 3.61. The highest BCUT2D eigenvalue weighted by Gasteiger charge is 2.42. The summed E-state index contributed by atoms with van der Waals surface area (Å²) in [5, 5.41) is 12.1. The molecule has 0 aromatic heterocycles. The van der Waals surface area contributed by atoms with Crippen LogP contribution in [0.15, 0.2) is 24.3 Å². The molecule has 5 nitrogen and oxygen atoms in total. The van der Waals surface area contributed by atoms with E-state index >= 15 is 0 Å². The van der Waals surface area contributed by atoms with Gasteiger partial charge in [-0.15, -0.1) is 0 Å². The van der Waals surface area contributed by atoms with Gasteiger partial charge in [0.05, 0.1) is 0 Å². The van der Waals surface area contributed by atoms with Crippen molar-refractivity contribution >= 4 is 11.9 Å². The monoisotopic (exact) mass is 290 g/mol. The molecule has 114 valence electrons. The van der Waals surface area contributed by atoms with E-state index in [2.05, 4.69) is 5.32 Å². The van der Waals surface area contributed by atoms with Crippen molar-refractivity contribution in [1.82, 2.24) is 10.2 Å². The van der Waals surface area contributed by atoms with Crippen molar-refractivity contribution in [3.05, 3.63) is 35.4 Å². The first-order valence-electron chi connectivity index (χ1n) is 7.22. The Hall–Kier alpha value is -1.88. The number of nitrogens with zero attached hydrogens (tertiary/aromatic N) is 1. The molecule has 1 aromatic carbocycles. The SMILES string of the molecule is CN(C)Cc1ccc(C(=O)NC2(C(=O)O)CCCC2)cc1. The zero-order chi connectivity index (χ0) is 15.5. The molecule has 1 amide bonds. The molecule has 0 aliphatic heterocycles. The molecule has 2 rings (SSSR count). The number of hydrogen-bond acceptors (Lipinski definition) is 3. The minimum atomic E-state index is -1.08. The number of aliphatic carboxylic acids is 1. The highest BCUT2D eigenvalue weighted by atomic mass is 16.4. The maximum absolute atomic E-state index is 12.3. The van der Waals surface area contributed by atoms with Crippen LogP contribution in [0.3, 0.4) is 0 Å². The number of carbonyl (C=O) groups excluding carboxylic acids is 1. The molecule has 0 saturated heterocycles. The quantitative estimate of drug-likeness (QED) is 0.868. The van der Waals surface area contributed by atoms with Crippen LogP contribution >= 0.6 is 0 Å². The Morgan fingerprint density at radius 1 is 1.19 bits per heavy atom. The number of carbonyl (C=O) groups is 2. The molecule has 0 atom stereocenters. The molecular weight excluding hydrogens is 268 g/mol. The zero-order valence-electron chi connectivity index (χ0n) is 12.6. The van der Waals surface area contributed by atoms with E-state index in [0.717, 1.165) is 24.9 Å². The van der Waals surface area contributed by atoms with E-state index in [1.54, 1.807) is 12.1 Å². The van der Waals surface area contributed by atoms with Gasteiger partial charge in [0.25, 0.3) is 5.91 Å². The Balaban J connectivity index is 2.07. The van der Waals surface area contributed by atoms with Gasteiger partial charge in [-0.1, -0.05) is 25.0 Å². The van der Waals surface area contributed by atoms with Crippen LogP contribution in [0.1, 0.15) is 41.6 Å². The van der Waals surface area contributed by atoms with Gasteiger partial charge in [0.1, 0.15) is 5.54 Å². The molecule has 21 heavy (non-hydrogen) atoms. The Labute approximate surface area is 125 Å². The number of rotatable bonds is 5. The number of amides is 1. The van der Waals surface area contributed by atoms with Crippen molar-refractivity contribution in [3.63, 3.8) is 0 Å². The predicted molar refractivity (Wildman–Crippen MR) is 80.1 cm³/mol. The van der Waals surface area contributed by atoms with Gasteiger partial charge in [-0.2, -0.15) is 0 Å². The van der Waals surface area contributed by atoms with Crippen LogP contribution < -0.4 is 5.32 Å². The van der Waals surface area contributed by atoms with Gasteiger partial charge in [0.2, 0.25) is 0 Å². The minimum Gasteiger partial charge on any atom is -0.480 e.